The summed E-state index contributed by atoms with van der Waals surface area (Å²) >= 11 is 0. The van der Waals surface area contributed by atoms with Gasteiger partial charge in [-0.1, -0.05) is 12.1 Å². The molecule has 2 aromatic rings. The Bertz CT molecular complexity index is 677. The van der Waals surface area contributed by atoms with Crippen LogP contribution in [0, 0.1) is 6.92 Å². The number of hydrogen-bond donors (Lipinski definition) is 3. The van der Waals surface area contributed by atoms with Gasteiger partial charge in [0.25, 0.3) is 5.91 Å². The van der Waals surface area contributed by atoms with Crippen molar-refractivity contribution in [1.29, 1.82) is 0 Å². The summed E-state index contributed by atoms with van der Waals surface area (Å²) in [7, 11) is 0. The SMILES string of the molecule is Cc1cc(NC(=O)c2ccc(CO)cc2)ccc1C(=O)O. The van der Waals surface area contributed by atoms with Gasteiger partial charge in [0, 0.05) is 11.3 Å². The summed E-state index contributed by atoms with van der Waals surface area (Å²) < 4.78 is 0. The van der Waals surface area contributed by atoms with Crippen molar-refractivity contribution in [2.75, 3.05) is 5.32 Å². The Morgan fingerprint density at radius 3 is 2.29 bits per heavy atom. The summed E-state index contributed by atoms with van der Waals surface area (Å²) in [6.07, 6.45) is 0. The van der Waals surface area contributed by atoms with Crippen molar-refractivity contribution < 1.29 is 19.8 Å². The monoisotopic (exact) mass is 285 g/mol. The summed E-state index contributed by atoms with van der Waals surface area (Å²) in [5.41, 5.74) is 2.52. The molecule has 2 rings (SSSR count). The largest absolute Gasteiger partial charge is 0.478 e. The first kappa shape index (κ1) is 14.7. The fourth-order valence-corrected chi connectivity index (χ4v) is 1.95. The topological polar surface area (TPSA) is 86.6 Å². The number of hydrogen-bond acceptors (Lipinski definition) is 3. The Hall–Kier alpha value is -2.66. The van der Waals surface area contributed by atoms with Gasteiger partial charge in [0.05, 0.1) is 12.2 Å². The molecule has 0 unspecified atom stereocenters. The van der Waals surface area contributed by atoms with Gasteiger partial charge >= 0.3 is 5.97 Å². The minimum Gasteiger partial charge on any atom is -0.478 e. The smallest absolute Gasteiger partial charge is 0.335 e. The number of nitrogens with one attached hydrogen (secondary N) is 1. The average molecular weight is 285 g/mol. The van der Waals surface area contributed by atoms with Crippen LogP contribution in [0.2, 0.25) is 0 Å². The zero-order chi connectivity index (χ0) is 15.4. The van der Waals surface area contributed by atoms with Crippen LogP contribution in [0.4, 0.5) is 5.69 Å². The Balaban J connectivity index is 2.15. The van der Waals surface area contributed by atoms with Gasteiger partial charge in [0.15, 0.2) is 0 Å². The molecule has 0 aromatic heterocycles. The lowest BCUT2D eigenvalue weighted by atomic mass is 10.1. The number of carbonyl (C=O) groups excluding carboxylic acids is 1. The van der Waals surface area contributed by atoms with E-state index >= 15 is 0 Å². The van der Waals surface area contributed by atoms with Gasteiger partial charge in [-0.25, -0.2) is 4.79 Å². The number of amides is 1. The van der Waals surface area contributed by atoms with Gasteiger partial charge < -0.3 is 15.5 Å². The summed E-state index contributed by atoms with van der Waals surface area (Å²) in [6.45, 7) is 1.60. The predicted octanol–water partition coefficient (Wildman–Crippen LogP) is 2.44. The van der Waals surface area contributed by atoms with Crippen molar-refractivity contribution in [2.45, 2.75) is 13.5 Å². The van der Waals surface area contributed by atoms with E-state index in [1.807, 2.05) is 0 Å². The van der Waals surface area contributed by atoms with Crippen LogP contribution >= 0.6 is 0 Å². The van der Waals surface area contributed by atoms with Crippen molar-refractivity contribution >= 4 is 17.6 Å². The molecule has 0 radical (unpaired) electrons. The molecule has 0 aliphatic carbocycles. The molecule has 0 spiro atoms. The predicted molar refractivity (Wildman–Crippen MR) is 78.5 cm³/mol. The molecule has 5 nitrogen and oxygen atoms in total. The van der Waals surface area contributed by atoms with E-state index in [9.17, 15) is 9.59 Å². The van der Waals surface area contributed by atoms with E-state index in [1.54, 1.807) is 43.3 Å². The van der Waals surface area contributed by atoms with E-state index in [2.05, 4.69) is 5.32 Å². The fourth-order valence-electron chi connectivity index (χ4n) is 1.95. The number of carboxylic acids is 1. The van der Waals surface area contributed by atoms with Crippen LogP contribution in [-0.4, -0.2) is 22.1 Å². The third kappa shape index (κ3) is 3.46. The zero-order valence-electron chi connectivity index (χ0n) is 11.5. The van der Waals surface area contributed by atoms with Crippen LogP contribution in [0.5, 0.6) is 0 Å². The molecule has 2 aromatic carbocycles. The highest BCUT2D eigenvalue weighted by atomic mass is 16.4. The van der Waals surface area contributed by atoms with Crippen molar-refractivity contribution in [3.8, 4) is 0 Å². The van der Waals surface area contributed by atoms with Crippen LogP contribution in [0.25, 0.3) is 0 Å². The number of anilines is 1. The molecular weight excluding hydrogens is 270 g/mol. The minimum absolute atomic E-state index is 0.0717. The van der Waals surface area contributed by atoms with Gasteiger partial charge in [-0.2, -0.15) is 0 Å². The highest BCUT2D eigenvalue weighted by Gasteiger charge is 2.10. The van der Waals surface area contributed by atoms with E-state index < -0.39 is 5.97 Å². The summed E-state index contributed by atoms with van der Waals surface area (Å²) in [5.74, 6) is -1.29. The number of aliphatic hydroxyl groups excluding tert-OH is 1. The quantitative estimate of drug-likeness (QED) is 0.805. The second-order valence-electron chi connectivity index (χ2n) is 4.64. The number of rotatable bonds is 4. The average Bonchev–Trinajstić information content (AvgIpc) is 2.47. The molecule has 3 N–H and O–H groups in total. The first-order valence-corrected chi connectivity index (χ1v) is 6.36. The first-order valence-electron chi connectivity index (χ1n) is 6.36. The molecule has 108 valence electrons. The van der Waals surface area contributed by atoms with Crippen molar-refractivity contribution in [1.82, 2.24) is 0 Å². The maximum atomic E-state index is 12.1. The van der Waals surface area contributed by atoms with Crippen molar-refractivity contribution in [2.24, 2.45) is 0 Å². The summed E-state index contributed by atoms with van der Waals surface area (Å²) in [4.78, 5) is 23.0. The third-order valence-corrected chi connectivity index (χ3v) is 3.11. The normalized spacial score (nSPS) is 10.2. The number of carbonyl (C=O) groups is 2. The third-order valence-electron chi connectivity index (χ3n) is 3.11. The lowest BCUT2D eigenvalue weighted by Crippen LogP contribution is -2.12. The minimum atomic E-state index is -0.995. The second kappa shape index (κ2) is 6.19. The molecule has 0 atom stereocenters. The highest BCUT2D eigenvalue weighted by Crippen LogP contribution is 2.16. The number of benzene rings is 2. The number of aliphatic hydroxyl groups is 1. The van der Waals surface area contributed by atoms with Gasteiger partial charge in [-0.15, -0.1) is 0 Å². The molecule has 1 amide bonds. The molecule has 0 aliphatic rings. The summed E-state index contributed by atoms with van der Waals surface area (Å²) in [5, 5.41) is 20.6. The van der Waals surface area contributed by atoms with Gasteiger partial charge in [0.2, 0.25) is 0 Å². The Morgan fingerprint density at radius 2 is 1.76 bits per heavy atom. The fraction of sp³-hybridized carbons (Fsp3) is 0.125. The second-order valence-corrected chi connectivity index (χ2v) is 4.64. The Morgan fingerprint density at radius 1 is 1.10 bits per heavy atom. The molecular formula is C16H15NO4. The van der Waals surface area contributed by atoms with E-state index in [0.29, 0.717) is 16.8 Å². The molecule has 0 saturated carbocycles. The first-order chi connectivity index (χ1) is 10.0. The molecule has 0 bridgehead atoms. The molecule has 0 fully saturated rings. The molecule has 0 saturated heterocycles. The van der Waals surface area contributed by atoms with E-state index in [1.165, 1.54) is 6.07 Å². The Labute approximate surface area is 121 Å². The van der Waals surface area contributed by atoms with Gasteiger partial charge in [0.1, 0.15) is 0 Å². The maximum Gasteiger partial charge on any atom is 0.335 e. The molecule has 0 aliphatic heterocycles. The maximum absolute atomic E-state index is 12.1. The van der Waals surface area contributed by atoms with Crippen LogP contribution in [0.3, 0.4) is 0 Å². The van der Waals surface area contributed by atoms with Crippen molar-refractivity contribution in [3.63, 3.8) is 0 Å². The Kier molecular flexibility index (Phi) is 4.35. The molecule has 5 heteroatoms. The number of aryl methyl sites for hydroxylation is 1. The van der Waals surface area contributed by atoms with E-state index in [-0.39, 0.29) is 18.1 Å². The zero-order valence-corrected chi connectivity index (χ0v) is 11.5. The van der Waals surface area contributed by atoms with E-state index in [4.69, 9.17) is 10.2 Å². The van der Waals surface area contributed by atoms with Crippen LogP contribution in [0.1, 0.15) is 31.8 Å². The summed E-state index contributed by atoms with van der Waals surface area (Å²) in [6, 6.07) is 11.2. The van der Waals surface area contributed by atoms with Gasteiger partial charge in [-0.05, 0) is 48.4 Å². The number of carboxylic acid groups (broad SMARTS) is 1. The van der Waals surface area contributed by atoms with Crippen LogP contribution < -0.4 is 5.32 Å². The number of aromatic carboxylic acids is 1. The van der Waals surface area contributed by atoms with Crippen LogP contribution in [-0.2, 0) is 6.61 Å². The molecule has 21 heavy (non-hydrogen) atoms. The highest BCUT2D eigenvalue weighted by molar-refractivity contribution is 6.04. The van der Waals surface area contributed by atoms with Gasteiger partial charge in [-0.3, -0.25) is 4.79 Å². The molecule has 0 heterocycles. The lowest BCUT2D eigenvalue weighted by molar-refractivity contribution is 0.0696. The van der Waals surface area contributed by atoms with Crippen molar-refractivity contribution in [3.05, 3.63) is 64.7 Å². The lowest BCUT2D eigenvalue weighted by Gasteiger charge is -2.08. The van der Waals surface area contributed by atoms with E-state index in [0.717, 1.165) is 5.56 Å². The van der Waals surface area contributed by atoms with Crippen LogP contribution in [0.15, 0.2) is 42.5 Å². The standard InChI is InChI=1S/C16H15NO4/c1-10-8-13(6-7-14(10)16(20)21)17-15(19)12-4-2-11(9-18)3-5-12/h2-8,18H,9H2,1H3,(H,17,19)(H,20,21).